The summed E-state index contributed by atoms with van der Waals surface area (Å²) in [6.07, 6.45) is 1.37. The molecule has 0 aliphatic carbocycles. The second-order valence-corrected chi connectivity index (χ2v) is 5.28. The number of carbonyl (C=O) groups excluding carboxylic acids is 2. The molecular weight excluding hydrogens is 302 g/mol. The van der Waals surface area contributed by atoms with Crippen LogP contribution in [0.5, 0.6) is 0 Å². The Morgan fingerprint density at radius 3 is 2.39 bits per heavy atom. The van der Waals surface area contributed by atoms with Crippen molar-refractivity contribution in [2.45, 2.75) is 12.8 Å². The van der Waals surface area contributed by atoms with Crippen LogP contribution in [0.1, 0.15) is 23.2 Å². The van der Waals surface area contributed by atoms with Crippen molar-refractivity contribution in [2.75, 3.05) is 16.8 Å². The molecule has 1 aliphatic rings. The molecule has 118 valence electrons. The summed E-state index contributed by atoms with van der Waals surface area (Å²) in [6, 6.07) is 9.74. The van der Waals surface area contributed by atoms with E-state index in [1.54, 1.807) is 29.2 Å². The molecule has 4 nitrogen and oxygen atoms in total. The number of hydrogen-bond donors (Lipinski definition) is 1. The Morgan fingerprint density at radius 1 is 1.04 bits per heavy atom. The maximum absolute atomic E-state index is 13.1. The standard InChI is InChI=1S/C17H14F2N2O2/c18-14-8-5-12(10-15(14)19)20-17(23)11-3-6-13(7-4-11)21-9-1-2-16(21)22/h3-8,10H,1-2,9H2,(H,20,23). The predicted molar refractivity (Wildman–Crippen MR) is 82.3 cm³/mol. The van der Waals surface area contributed by atoms with Gasteiger partial charge in [-0.25, -0.2) is 8.78 Å². The Morgan fingerprint density at radius 2 is 1.78 bits per heavy atom. The monoisotopic (exact) mass is 316 g/mol. The predicted octanol–water partition coefficient (Wildman–Crippen LogP) is 3.34. The van der Waals surface area contributed by atoms with Crippen molar-refractivity contribution in [2.24, 2.45) is 0 Å². The molecule has 0 bridgehead atoms. The SMILES string of the molecule is O=C(Nc1ccc(F)c(F)c1)c1ccc(N2CCCC2=O)cc1. The maximum Gasteiger partial charge on any atom is 0.255 e. The van der Waals surface area contributed by atoms with Crippen LogP contribution in [-0.2, 0) is 4.79 Å². The highest BCUT2D eigenvalue weighted by Gasteiger charge is 2.21. The van der Waals surface area contributed by atoms with Crippen molar-refractivity contribution in [3.05, 3.63) is 59.7 Å². The van der Waals surface area contributed by atoms with Crippen LogP contribution >= 0.6 is 0 Å². The zero-order chi connectivity index (χ0) is 16.4. The van der Waals surface area contributed by atoms with Gasteiger partial charge in [0.2, 0.25) is 5.91 Å². The molecule has 0 unspecified atom stereocenters. The summed E-state index contributed by atoms with van der Waals surface area (Å²) in [6.45, 7) is 0.680. The zero-order valence-corrected chi connectivity index (χ0v) is 12.2. The molecule has 3 rings (SSSR count). The lowest BCUT2D eigenvalue weighted by Gasteiger charge is -2.15. The minimum Gasteiger partial charge on any atom is -0.322 e. The average Bonchev–Trinajstić information content (AvgIpc) is 2.97. The van der Waals surface area contributed by atoms with Gasteiger partial charge in [0.05, 0.1) is 0 Å². The Bertz CT molecular complexity index is 760. The van der Waals surface area contributed by atoms with Crippen LogP contribution in [0.4, 0.5) is 20.2 Å². The van der Waals surface area contributed by atoms with E-state index in [1.807, 2.05) is 0 Å². The molecule has 23 heavy (non-hydrogen) atoms. The third-order valence-corrected chi connectivity index (χ3v) is 3.69. The summed E-state index contributed by atoms with van der Waals surface area (Å²) in [5, 5.41) is 2.50. The van der Waals surface area contributed by atoms with Gasteiger partial charge >= 0.3 is 0 Å². The van der Waals surface area contributed by atoms with E-state index in [-0.39, 0.29) is 11.6 Å². The molecule has 6 heteroatoms. The number of benzene rings is 2. The molecule has 0 spiro atoms. The molecule has 2 aromatic carbocycles. The molecule has 0 saturated carbocycles. The highest BCUT2D eigenvalue weighted by atomic mass is 19.2. The van der Waals surface area contributed by atoms with E-state index in [2.05, 4.69) is 5.32 Å². The topological polar surface area (TPSA) is 49.4 Å². The van der Waals surface area contributed by atoms with Crippen LogP contribution in [0, 0.1) is 11.6 Å². The van der Waals surface area contributed by atoms with Crippen LogP contribution in [0.2, 0.25) is 0 Å². The second-order valence-electron chi connectivity index (χ2n) is 5.28. The third kappa shape index (κ3) is 3.21. The molecule has 0 radical (unpaired) electrons. The van der Waals surface area contributed by atoms with Gasteiger partial charge in [0.15, 0.2) is 11.6 Å². The van der Waals surface area contributed by atoms with E-state index < -0.39 is 17.5 Å². The number of anilines is 2. The molecule has 1 N–H and O–H groups in total. The van der Waals surface area contributed by atoms with E-state index in [0.717, 1.165) is 24.2 Å². The van der Waals surface area contributed by atoms with Gasteiger partial charge in [0.25, 0.3) is 5.91 Å². The summed E-state index contributed by atoms with van der Waals surface area (Å²) in [4.78, 5) is 25.5. The van der Waals surface area contributed by atoms with Gasteiger partial charge in [-0.05, 0) is 42.8 Å². The van der Waals surface area contributed by atoms with Gasteiger partial charge in [0, 0.05) is 36.0 Å². The molecular formula is C17H14F2N2O2. The molecule has 1 heterocycles. The molecule has 1 aliphatic heterocycles. The van der Waals surface area contributed by atoms with Crippen LogP contribution < -0.4 is 10.2 Å². The van der Waals surface area contributed by atoms with Crippen LogP contribution in [0.15, 0.2) is 42.5 Å². The fourth-order valence-corrected chi connectivity index (χ4v) is 2.49. The first kappa shape index (κ1) is 15.1. The number of nitrogens with one attached hydrogen (secondary N) is 1. The third-order valence-electron chi connectivity index (χ3n) is 3.69. The van der Waals surface area contributed by atoms with Crippen molar-refractivity contribution in [3.63, 3.8) is 0 Å². The molecule has 1 fully saturated rings. The lowest BCUT2D eigenvalue weighted by molar-refractivity contribution is -0.117. The average molecular weight is 316 g/mol. The highest BCUT2D eigenvalue weighted by molar-refractivity contribution is 6.04. The second kappa shape index (κ2) is 6.16. The Hall–Kier alpha value is -2.76. The van der Waals surface area contributed by atoms with E-state index in [1.165, 1.54) is 6.07 Å². The van der Waals surface area contributed by atoms with Gasteiger partial charge in [0.1, 0.15) is 0 Å². The minimum absolute atomic E-state index is 0.0731. The number of rotatable bonds is 3. The van der Waals surface area contributed by atoms with Crippen molar-refractivity contribution in [1.29, 1.82) is 0 Å². The number of nitrogens with zero attached hydrogens (tertiary/aromatic N) is 1. The van der Waals surface area contributed by atoms with Crippen LogP contribution in [-0.4, -0.2) is 18.4 Å². The Labute approximate surface area is 131 Å². The smallest absolute Gasteiger partial charge is 0.255 e. The molecule has 2 amide bonds. The zero-order valence-electron chi connectivity index (χ0n) is 12.2. The minimum atomic E-state index is -1.02. The number of hydrogen-bond acceptors (Lipinski definition) is 2. The first-order valence-corrected chi connectivity index (χ1v) is 7.21. The highest BCUT2D eigenvalue weighted by Crippen LogP contribution is 2.22. The van der Waals surface area contributed by atoms with Crippen molar-refractivity contribution in [1.82, 2.24) is 0 Å². The molecule has 2 aromatic rings. The summed E-state index contributed by atoms with van der Waals surface area (Å²) in [5.74, 6) is -2.35. The molecule has 1 saturated heterocycles. The first-order valence-electron chi connectivity index (χ1n) is 7.21. The fraction of sp³-hybridized carbons (Fsp3) is 0.176. The Balaban J connectivity index is 1.72. The van der Waals surface area contributed by atoms with Gasteiger partial charge in [-0.1, -0.05) is 0 Å². The van der Waals surface area contributed by atoms with Crippen LogP contribution in [0.25, 0.3) is 0 Å². The van der Waals surface area contributed by atoms with Crippen molar-refractivity contribution < 1.29 is 18.4 Å². The molecule has 0 aromatic heterocycles. The number of halogens is 2. The summed E-state index contributed by atoms with van der Waals surface area (Å²) >= 11 is 0. The van der Waals surface area contributed by atoms with Crippen LogP contribution in [0.3, 0.4) is 0 Å². The van der Waals surface area contributed by atoms with E-state index in [0.29, 0.717) is 18.5 Å². The first-order chi connectivity index (χ1) is 11.0. The number of carbonyl (C=O) groups is 2. The van der Waals surface area contributed by atoms with Gasteiger partial charge in [-0.3, -0.25) is 9.59 Å². The van der Waals surface area contributed by atoms with Gasteiger partial charge in [-0.2, -0.15) is 0 Å². The quantitative estimate of drug-likeness (QED) is 0.944. The van der Waals surface area contributed by atoms with E-state index in [9.17, 15) is 18.4 Å². The lowest BCUT2D eigenvalue weighted by Crippen LogP contribution is -2.23. The Kier molecular flexibility index (Phi) is 4.06. The van der Waals surface area contributed by atoms with Crippen molar-refractivity contribution in [3.8, 4) is 0 Å². The summed E-state index contributed by atoms with van der Waals surface area (Å²) in [7, 11) is 0. The summed E-state index contributed by atoms with van der Waals surface area (Å²) in [5.41, 5.74) is 1.29. The van der Waals surface area contributed by atoms with Gasteiger partial charge < -0.3 is 10.2 Å². The maximum atomic E-state index is 13.1. The van der Waals surface area contributed by atoms with Gasteiger partial charge in [-0.15, -0.1) is 0 Å². The summed E-state index contributed by atoms with van der Waals surface area (Å²) < 4.78 is 26.0. The van der Waals surface area contributed by atoms with E-state index >= 15 is 0 Å². The largest absolute Gasteiger partial charge is 0.322 e. The normalized spacial score (nSPS) is 14.2. The fourth-order valence-electron chi connectivity index (χ4n) is 2.49. The van der Waals surface area contributed by atoms with Crippen molar-refractivity contribution >= 4 is 23.2 Å². The van der Waals surface area contributed by atoms with E-state index in [4.69, 9.17) is 0 Å². The lowest BCUT2D eigenvalue weighted by atomic mass is 10.1. The number of amides is 2. The molecule has 0 atom stereocenters.